The Kier molecular flexibility index (Phi) is 1.83. The smallest absolute Gasteiger partial charge is 0.323 e. The SMILES string of the molecule is CC[C@@]1(C)NC(=O)N(S)C1=O. The summed E-state index contributed by atoms with van der Waals surface area (Å²) in [6.45, 7) is 3.52. The summed E-state index contributed by atoms with van der Waals surface area (Å²) in [5.74, 6) is -0.284. The second-order valence-corrected chi connectivity index (χ2v) is 3.13. The summed E-state index contributed by atoms with van der Waals surface area (Å²) < 4.78 is 0.809. The van der Waals surface area contributed by atoms with Gasteiger partial charge in [-0.2, -0.15) is 0 Å². The molecule has 0 aromatic heterocycles. The number of hydrogen-bond acceptors (Lipinski definition) is 3. The Morgan fingerprint density at radius 1 is 1.64 bits per heavy atom. The molecule has 3 amide bonds. The topological polar surface area (TPSA) is 49.4 Å². The van der Waals surface area contributed by atoms with Gasteiger partial charge in [-0.05, 0) is 13.3 Å². The zero-order valence-corrected chi connectivity index (χ0v) is 7.31. The largest absolute Gasteiger partial charge is 0.335 e. The first kappa shape index (κ1) is 8.39. The molecule has 0 bridgehead atoms. The second kappa shape index (κ2) is 2.41. The third kappa shape index (κ3) is 1.09. The Hall–Kier alpha value is -0.710. The van der Waals surface area contributed by atoms with Gasteiger partial charge in [0.2, 0.25) is 0 Å². The summed E-state index contributed by atoms with van der Waals surface area (Å²) in [6.07, 6.45) is 0.578. The third-order valence-electron chi connectivity index (χ3n) is 1.95. The van der Waals surface area contributed by atoms with E-state index >= 15 is 0 Å². The minimum absolute atomic E-state index is 0.284. The van der Waals surface area contributed by atoms with Gasteiger partial charge in [0.25, 0.3) is 5.91 Å². The number of amides is 3. The van der Waals surface area contributed by atoms with E-state index in [2.05, 4.69) is 18.1 Å². The normalized spacial score (nSPS) is 31.0. The average molecular weight is 174 g/mol. The van der Waals surface area contributed by atoms with Gasteiger partial charge in [0.15, 0.2) is 0 Å². The lowest BCUT2D eigenvalue weighted by molar-refractivity contribution is -0.127. The predicted molar refractivity (Wildman–Crippen MR) is 43.1 cm³/mol. The Morgan fingerprint density at radius 3 is 2.36 bits per heavy atom. The van der Waals surface area contributed by atoms with Crippen LogP contribution < -0.4 is 5.32 Å². The van der Waals surface area contributed by atoms with Crippen molar-refractivity contribution in [3.63, 3.8) is 0 Å². The summed E-state index contributed by atoms with van der Waals surface area (Å²) in [7, 11) is 0. The Bertz CT molecular complexity index is 219. The lowest BCUT2D eigenvalue weighted by atomic mass is 10.0. The van der Waals surface area contributed by atoms with Gasteiger partial charge in [-0.15, -0.1) is 0 Å². The first-order valence-corrected chi connectivity index (χ1v) is 3.77. The molecule has 11 heavy (non-hydrogen) atoms. The maximum atomic E-state index is 11.2. The van der Waals surface area contributed by atoms with Gasteiger partial charge in [-0.1, -0.05) is 19.7 Å². The van der Waals surface area contributed by atoms with Crippen LogP contribution in [0.4, 0.5) is 4.79 Å². The molecule has 0 unspecified atom stereocenters. The van der Waals surface area contributed by atoms with Crippen LogP contribution in [0.2, 0.25) is 0 Å². The molecule has 1 fully saturated rings. The zero-order valence-electron chi connectivity index (χ0n) is 6.42. The zero-order chi connectivity index (χ0) is 8.65. The van der Waals surface area contributed by atoms with E-state index in [1.165, 1.54) is 0 Å². The van der Waals surface area contributed by atoms with E-state index in [0.717, 1.165) is 4.31 Å². The van der Waals surface area contributed by atoms with Gasteiger partial charge in [0.05, 0.1) is 0 Å². The molecule has 0 spiro atoms. The number of carbonyl (C=O) groups excluding carboxylic acids is 2. The number of hydrogen-bond donors (Lipinski definition) is 2. The number of nitrogens with one attached hydrogen (secondary N) is 1. The van der Waals surface area contributed by atoms with Crippen LogP contribution in [-0.2, 0) is 4.79 Å². The summed E-state index contributed by atoms with van der Waals surface area (Å²) in [6, 6.07) is -0.442. The molecule has 1 saturated heterocycles. The van der Waals surface area contributed by atoms with Gasteiger partial charge in [0.1, 0.15) is 5.54 Å². The molecule has 1 heterocycles. The van der Waals surface area contributed by atoms with Crippen molar-refractivity contribution in [1.29, 1.82) is 0 Å². The fraction of sp³-hybridized carbons (Fsp3) is 0.667. The summed E-state index contributed by atoms with van der Waals surface area (Å²) in [5, 5.41) is 2.54. The maximum Gasteiger partial charge on any atom is 0.335 e. The molecule has 5 heteroatoms. The van der Waals surface area contributed by atoms with Crippen LogP contribution in [0.3, 0.4) is 0 Å². The molecule has 1 atom stereocenters. The first-order chi connectivity index (χ1) is 5.01. The number of urea groups is 1. The molecule has 1 aliphatic heterocycles. The highest BCUT2D eigenvalue weighted by atomic mass is 32.1. The molecule has 0 radical (unpaired) electrons. The van der Waals surface area contributed by atoms with Crippen LogP contribution in [0.1, 0.15) is 20.3 Å². The molecule has 1 N–H and O–H groups in total. The van der Waals surface area contributed by atoms with Crippen LogP contribution in [0.5, 0.6) is 0 Å². The number of carbonyl (C=O) groups is 2. The van der Waals surface area contributed by atoms with Crippen molar-refractivity contribution in [1.82, 2.24) is 9.62 Å². The minimum Gasteiger partial charge on any atom is -0.323 e. The van der Waals surface area contributed by atoms with Crippen molar-refractivity contribution in [2.75, 3.05) is 0 Å². The van der Waals surface area contributed by atoms with E-state index in [1.807, 2.05) is 6.92 Å². The molecule has 1 rings (SSSR count). The fourth-order valence-electron chi connectivity index (χ4n) is 0.908. The quantitative estimate of drug-likeness (QED) is 0.450. The van der Waals surface area contributed by atoms with E-state index in [4.69, 9.17) is 0 Å². The first-order valence-electron chi connectivity index (χ1n) is 3.37. The van der Waals surface area contributed by atoms with Gasteiger partial charge < -0.3 is 5.32 Å². The Labute approximate surface area is 70.5 Å². The van der Waals surface area contributed by atoms with Crippen molar-refractivity contribution >= 4 is 24.8 Å². The van der Waals surface area contributed by atoms with Gasteiger partial charge in [-0.25, -0.2) is 9.10 Å². The number of imide groups is 1. The van der Waals surface area contributed by atoms with Crippen molar-refractivity contribution in [3.8, 4) is 0 Å². The van der Waals surface area contributed by atoms with Gasteiger partial charge >= 0.3 is 6.03 Å². The highest BCUT2D eigenvalue weighted by Crippen LogP contribution is 2.21. The summed E-state index contributed by atoms with van der Waals surface area (Å²) >= 11 is 3.72. The van der Waals surface area contributed by atoms with E-state index in [0.29, 0.717) is 6.42 Å². The second-order valence-electron chi connectivity index (χ2n) is 2.73. The standard InChI is InChI=1S/C6H10N2O2S/c1-3-6(2)4(9)8(11)5(10)7-6/h11H,3H2,1-2H3,(H,7,10)/t6-/m1/s1. The van der Waals surface area contributed by atoms with E-state index < -0.39 is 11.6 Å². The summed E-state index contributed by atoms with van der Waals surface area (Å²) in [5.41, 5.74) is -0.751. The highest BCUT2D eigenvalue weighted by molar-refractivity contribution is 7.79. The van der Waals surface area contributed by atoms with Crippen LogP contribution in [0.25, 0.3) is 0 Å². The number of nitrogens with zero attached hydrogens (tertiary/aromatic N) is 1. The maximum absolute atomic E-state index is 11.2. The lowest BCUT2D eigenvalue weighted by Gasteiger charge is -2.17. The minimum atomic E-state index is -0.751. The predicted octanol–water partition coefficient (Wildman–Crippen LogP) is 0.552. The molecule has 0 aliphatic carbocycles. The molecule has 4 nitrogen and oxygen atoms in total. The van der Waals surface area contributed by atoms with Crippen molar-refractivity contribution < 1.29 is 9.59 Å². The monoisotopic (exact) mass is 174 g/mol. The van der Waals surface area contributed by atoms with Crippen LogP contribution in [0, 0.1) is 0 Å². The Balaban J connectivity index is 2.91. The average Bonchev–Trinajstić information content (AvgIpc) is 2.17. The van der Waals surface area contributed by atoms with E-state index in [1.54, 1.807) is 6.92 Å². The number of thiol groups is 1. The lowest BCUT2D eigenvalue weighted by Crippen LogP contribution is -2.42. The molecule has 1 aliphatic rings. The van der Waals surface area contributed by atoms with Crippen LogP contribution in [-0.4, -0.2) is 21.8 Å². The third-order valence-corrected chi connectivity index (χ3v) is 2.31. The van der Waals surface area contributed by atoms with Gasteiger partial charge in [-0.3, -0.25) is 4.79 Å². The molecule has 0 aromatic rings. The molecule has 0 saturated carbocycles. The molecule has 62 valence electrons. The highest BCUT2D eigenvalue weighted by Gasteiger charge is 2.45. The van der Waals surface area contributed by atoms with E-state index in [9.17, 15) is 9.59 Å². The van der Waals surface area contributed by atoms with E-state index in [-0.39, 0.29) is 5.91 Å². The van der Waals surface area contributed by atoms with Crippen molar-refractivity contribution in [2.24, 2.45) is 0 Å². The summed E-state index contributed by atoms with van der Waals surface area (Å²) in [4.78, 5) is 22.1. The molecular weight excluding hydrogens is 164 g/mol. The number of rotatable bonds is 1. The molecule has 0 aromatic carbocycles. The van der Waals surface area contributed by atoms with Crippen molar-refractivity contribution in [2.45, 2.75) is 25.8 Å². The van der Waals surface area contributed by atoms with Crippen LogP contribution in [0.15, 0.2) is 0 Å². The fourth-order valence-corrected chi connectivity index (χ4v) is 1.18. The van der Waals surface area contributed by atoms with Crippen LogP contribution >= 0.6 is 12.8 Å². The Morgan fingerprint density at radius 2 is 2.18 bits per heavy atom. The van der Waals surface area contributed by atoms with Gasteiger partial charge in [0, 0.05) is 0 Å². The molecular formula is C6H10N2O2S. The van der Waals surface area contributed by atoms with Crippen molar-refractivity contribution in [3.05, 3.63) is 0 Å².